The van der Waals surface area contributed by atoms with Gasteiger partial charge in [0.15, 0.2) is 0 Å². The molecule has 2 bridgehead atoms. The van der Waals surface area contributed by atoms with Crippen molar-refractivity contribution in [2.24, 2.45) is 11.8 Å². The van der Waals surface area contributed by atoms with E-state index < -0.39 is 6.10 Å². The number of hydrogen-bond acceptors (Lipinski definition) is 2. The Morgan fingerprint density at radius 2 is 1.90 bits per heavy atom. The summed E-state index contributed by atoms with van der Waals surface area (Å²) in [5, 5.41) is 12.8. The van der Waals surface area contributed by atoms with E-state index in [0.717, 1.165) is 47.0 Å². The molecule has 1 N–H and O–H groups in total. The standard InChI is InChI=1S/C26H29N2O/c1-2-20-18-28(17-19-8-4-3-5-9-19)15-13-21(20)16-25(28)26(29)23-12-14-27-24-11-7-6-10-22(23)24/h2-12,14,20-21,25-26,29H,1,13,15-18H2/q+1/t20-,21-,25?,26-,28?/m0/s1. The number of nitrogens with zero attached hydrogens (tertiary/aromatic N) is 2. The van der Waals surface area contributed by atoms with Gasteiger partial charge >= 0.3 is 0 Å². The summed E-state index contributed by atoms with van der Waals surface area (Å²) in [6.07, 6.45) is 5.79. The fraction of sp³-hybridized carbons (Fsp3) is 0.346. The molecule has 4 heterocycles. The van der Waals surface area contributed by atoms with Crippen molar-refractivity contribution in [3.63, 3.8) is 0 Å². The molecule has 2 aromatic carbocycles. The molecule has 3 fully saturated rings. The number of benzene rings is 2. The van der Waals surface area contributed by atoms with E-state index in [1.165, 1.54) is 12.0 Å². The van der Waals surface area contributed by atoms with Crippen molar-refractivity contribution in [2.75, 3.05) is 13.1 Å². The maximum Gasteiger partial charge on any atom is 0.131 e. The van der Waals surface area contributed by atoms with Crippen LogP contribution in [0.1, 0.15) is 30.1 Å². The number of aromatic nitrogens is 1. The van der Waals surface area contributed by atoms with Crippen molar-refractivity contribution in [1.82, 2.24) is 4.98 Å². The van der Waals surface area contributed by atoms with Gasteiger partial charge in [-0.3, -0.25) is 4.98 Å². The summed E-state index contributed by atoms with van der Waals surface area (Å²) in [7, 11) is 0. The van der Waals surface area contributed by atoms with Crippen molar-refractivity contribution < 1.29 is 9.59 Å². The summed E-state index contributed by atoms with van der Waals surface area (Å²) in [6, 6.07) is 21.2. The molecule has 0 saturated carbocycles. The number of quaternary nitrogens is 1. The number of aliphatic hydroxyl groups is 1. The van der Waals surface area contributed by atoms with Gasteiger partial charge in [-0.05, 0) is 23.6 Å². The number of aliphatic hydroxyl groups excluding tert-OH is 1. The van der Waals surface area contributed by atoms with E-state index in [4.69, 9.17) is 0 Å². The molecule has 3 aliphatic heterocycles. The van der Waals surface area contributed by atoms with E-state index in [1.807, 2.05) is 30.5 Å². The normalized spacial score (nSPS) is 29.6. The fourth-order valence-electron chi connectivity index (χ4n) is 5.91. The van der Waals surface area contributed by atoms with Crippen molar-refractivity contribution >= 4 is 10.9 Å². The van der Waals surface area contributed by atoms with Gasteiger partial charge in [-0.2, -0.15) is 0 Å². The van der Waals surface area contributed by atoms with Crippen LogP contribution in [0.25, 0.3) is 10.9 Å². The number of rotatable bonds is 5. The van der Waals surface area contributed by atoms with Crippen LogP contribution in [-0.2, 0) is 6.54 Å². The lowest BCUT2D eigenvalue weighted by molar-refractivity contribution is -0.984. The zero-order chi connectivity index (χ0) is 19.8. The minimum absolute atomic E-state index is 0.205. The van der Waals surface area contributed by atoms with E-state index in [0.29, 0.717) is 11.8 Å². The Kier molecular flexibility index (Phi) is 4.73. The molecular weight excluding hydrogens is 356 g/mol. The first kappa shape index (κ1) is 18.5. The number of piperidine rings is 3. The first-order valence-corrected chi connectivity index (χ1v) is 10.7. The van der Waals surface area contributed by atoms with Gasteiger partial charge in [0.1, 0.15) is 18.7 Å². The molecule has 3 nitrogen and oxygen atoms in total. The quantitative estimate of drug-likeness (QED) is 0.502. The average Bonchev–Trinajstić information content (AvgIpc) is 2.78. The Hall–Kier alpha value is -2.49. The van der Waals surface area contributed by atoms with Crippen molar-refractivity contribution in [3.8, 4) is 0 Å². The SMILES string of the molecule is C=C[C@H]1C[N+]2(Cc3ccccc3)CC[C@H]1CC2[C@@H](O)c1ccnc2ccccc12. The Balaban J connectivity index is 1.56. The van der Waals surface area contributed by atoms with Gasteiger partial charge in [0.05, 0.1) is 18.6 Å². The molecule has 0 spiro atoms. The first-order valence-electron chi connectivity index (χ1n) is 10.7. The van der Waals surface area contributed by atoms with Crippen LogP contribution in [-0.4, -0.2) is 33.7 Å². The maximum atomic E-state index is 11.7. The smallest absolute Gasteiger partial charge is 0.131 e. The van der Waals surface area contributed by atoms with Crippen LogP contribution in [0.5, 0.6) is 0 Å². The molecule has 1 aromatic heterocycles. The second kappa shape index (κ2) is 7.40. The molecule has 0 aliphatic carbocycles. The van der Waals surface area contributed by atoms with Crippen LogP contribution in [0.15, 0.2) is 79.5 Å². The molecule has 3 saturated heterocycles. The molecule has 0 amide bonds. The molecular formula is C26H29N2O+. The monoisotopic (exact) mass is 385 g/mol. The highest BCUT2D eigenvalue weighted by Gasteiger charge is 2.53. The van der Waals surface area contributed by atoms with Crippen LogP contribution in [0, 0.1) is 11.8 Å². The third-order valence-electron chi connectivity index (χ3n) is 7.38. The van der Waals surface area contributed by atoms with E-state index in [9.17, 15) is 5.11 Å². The Bertz CT molecular complexity index is 1010. The minimum Gasteiger partial charge on any atom is -0.382 e. The maximum absolute atomic E-state index is 11.7. The van der Waals surface area contributed by atoms with Crippen molar-refractivity contribution in [1.29, 1.82) is 0 Å². The lowest BCUT2D eigenvalue weighted by atomic mass is 9.71. The fourth-order valence-corrected chi connectivity index (χ4v) is 5.91. The van der Waals surface area contributed by atoms with E-state index in [1.54, 1.807) is 0 Å². The topological polar surface area (TPSA) is 33.1 Å². The number of hydrogen-bond donors (Lipinski definition) is 1. The zero-order valence-corrected chi connectivity index (χ0v) is 16.8. The Labute approximate surface area is 172 Å². The number of fused-ring (bicyclic) bond motifs is 4. The highest BCUT2D eigenvalue weighted by molar-refractivity contribution is 5.82. The third-order valence-corrected chi connectivity index (χ3v) is 7.38. The van der Waals surface area contributed by atoms with Crippen LogP contribution in [0.4, 0.5) is 0 Å². The summed E-state index contributed by atoms with van der Waals surface area (Å²) >= 11 is 0. The molecule has 3 heteroatoms. The summed E-state index contributed by atoms with van der Waals surface area (Å²) in [6.45, 7) is 7.32. The van der Waals surface area contributed by atoms with Crippen molar-refractivity contribution in [3.05, 3.63) is 90.6 Å². The number of para-hydroxylation sites is 1. The average molecular weight is 386 g/mol. The third kappa shape index (κ3) is 3.19. The predicted octanol–water partition coefficient (Wildman–Crippen LogP) is 4.88. The van der Waals surface area contributed by atoms with Gasteiger partial charge in [0.25, 0.3) is 0 Å². The predicted molar refractivity (Wildman–Crippen MR) is 117 cm³/mol. The molecule has 29 heavy (non-hydrogen) atoms. The van der Waals surface area contributed by atoms with Gasteiger partial charge in [-0.1, -0.05) is 54.6 Å². The molecule has 3 aromatic rings. The van der Waals surface area contributed by atoms with E-state index in [2.05, 4.69) is 54.0 Å². The lowest BCUT2D eigenvalue weighted by Crippen LogP contribution is -2.67. The van der Waals surface area contributed by atoms with Crippen LogP contribution >= 0.6 is 0 Å². The molecule has 5 atom stereocenters. The second-order valence-corrected chi connectivity index (χ2v) is 8.88. The summed E-state index contributed by atoms with van der Waals surface area (Å²) in [5.41, 5.74) is 3.33. The van der Waals surface area contributed by atoms with Crippen LogP contribution in [0.2, 0.25) is 0 Å². The van der Waals surface area contributed by atoms with Crippen LogP contribution in [0.3, 0.4) is 0 Å². The highest BCUT2D eigenvalue weighted by atomic mass is 16.3. The number of pyridine rings is 1. The Morgan fingerprint density at radius 1 is 1.10 bits per heavy atom. The van der Waals surface area contributed by atoms with Gasteiger partial charge < -0.3 is 9.59 Å². The van der Waals surface area contributed by atoms with E-state index in [-0.39, 0.29) is 6.04 Å². The highest BCUT2D eigenvalue weighted by Crippen LogP contribution is 2.47. The second-order valence-electron chi connectivity index (χ2n) is 8.88. The zero-order valence-electron chi connectivity index (χ0n) is 16.8. The molecule has 3 aliphatic rings. The summed E-state index contributed by atoms with van der Waals surface area (Å²) < 4.78 is 0.953. The van der Waals surface area contributed by atoms with Gasteiger partial charge in [0, 0.05) is 35.9 Å². The lowest BCUT2D eigenvalue weighted by Gasteiger charge is -2.58. The summed E-state index contributed by atoms with van der Waals surface area (Å²) in [5.74, 6) is 1.18. The van der Waals surface area contributed by atoms with Gasteiger partial charge in [-0.15, -0.1) is 6.58 Å². The molecule has 148 valence electrons. The van der Waals surface area contributed by atoms with E-state index >= 15 is 0 Å². The largest absolute Gasteiger partial charge is 0.382 e. The molecule has 2 unspecified atom stereocenters. The van der Waals surface area contributed by atoms with Gasteiger partial charge in [-0.25, -0.2) is 0 Å². The van der Waals surface area contributed by atoms with Crippen LogP contribution < -0.4 is 0 Å². The molecule has 6 rings (SSSR count). The minimum atomic E-state index is -0.486. The van der Waals surface area contributed by atoms with Gasteiger partial charge in [0.2, 0.25) is 0 Å². The Morgan fingerprint density at radius 3 is 2.72 bits per heavy atom. The first-order chi connectivity index (χ1) is 14.2. The summed E-state index contributed by atoms with van der Waals surface area (Å²) in [4.78, 5) is 4.50. The molecule has 0 radical (unpaired) electrons. The van der Waals surface area contributed by atoms with Crippen molar-refractivity contribution in [2.45, 2.75) is 31.5 Å².